The molecule has 3 heteroatoms. The Balaban J connectivity index is 1.63. The quantitative estimate of drug-likeness (QED) is 0.340. The van der Waals surface area contributed by atoms with Gasteiger partial charge < -0.3 is 15.3 Å². The second-order valence-electron chi connectivity index (χ2n) is 10.3. The Kier molecular flexibility index (Phi) is 6.80. The van der Waals surface area contributed by atoms with Crippen LogP contribution in [0.25, 0.3) is 0 Å². The van der Waals surface area contributed by atoms with Crippen molar-refractivity contribution >= 4 is 0 Å². The Bertz CT molecular complexity index is 1060. The molecule has 0 aliphatic heterocycles. The first-order valence-corrected chi connectivity index (χ1v) is 13.0. The Morgan fingerprint density at radius 2 is 1.06 bits per heavy atom. The molecule has 0 saturated heterocycles. The SMILES string of the molecule is Oc1cccc(C(c2cc(C3CCCCC3)ccc2O)c2cc(C3CCCCC3)ccc2O)c1. The van der Waals surface area contributed by atoms with Gasteiger partial charge in [0.1, 0.15) is 17.2 Å². The highest BCUT2D eigenvalue weighted by Gasteiger charge is 2.27. The van der Waals surface area contributed by atoms with Crippen LogP contribution in [0.15, 0.2) is 60.7 Å². The van der Waals surface area contributed by atoms with Crippen LogP contribution in [-0.4, -0.2) is 15.3 Å². The summed E-state index contributed by atoms with van der Waals surface area (Å²) in [6.07, 6.45) is 12.3. The summed E-state index contributed by atoms with van der Waals surface area (Å²) >= 11 is 0. The maximum atomic E-state index is 11.1. The van der Waals surface area contributed by atoms with Crippen molar-refractivity contribution in [3.63, 3.8) is 0 Å². The second-order valence-corrected chi connectivity index (χ2v) is 10.3. The van der Waals surface area contributed by atoms with Gasteiger partial charge in [0.2, 0.25) is 0 Å². The van der Waals surface area contributed by atoms with E-state index in [1.54, 1.807) is 12.1 Å². The second kappa shape index (κ2) is 10.1. The lowest BCUT2D eigenvalue weighted by Gasteiger charge is -2.27. The molecular weight excluding hydrogens is 420 g/mol. The molecule has 0 heterocycles. The summed E-state index contributed by atoms with van der Waals surface area (Å²) in [6, 6.07) is 19.3. The normalized spacial score (nSPS) is 17.8. The van der Waals surface area contributed by atoms with Crippen molar-refractivity contribution in [2.45, 2.75) is 82.0 Å². The maximum absolute atomic E-state index is 11.1. The summed E-state index contributed by atoms with van der Waals surface area (Å²) in [4.78, 5) is 0. The number of benzene rings is 3. The summed E-state index contributed by atoms with van der Waals surface area (Å²) < 4.78 is 0. The van der Waals surface area contributed by atoms with Crippen LogP contribution in [0.5, 0.6) is 17.2 Å². The predicted octanol–water partition coefficient (Wildman–Crippen LogP) is 8.08. The molecule has 0 radical (unpaired) electrons. The zero-order chi connectivity index (χ0) is 23.5. The highest BCUT2D eigenvalue weighted by molar-refractivity contribution is 5.55. The molecule has 2 aliphatic rings. The first-order chi connectivity index (χ1) is 16.6. The molecule has 5 rings (SSSR count). The third-order valence-corrected chi connectivity index (χ3v) is 8.08. The number of hydrogen-bond acceptors (Lipinski definition) is 3. The standard InChI is InChI=1S/C31H36O3/c32-26-13-7-12-25(18-26)31(27-19-23(14-16-29(27)33)21-8-3-1-4-9-21)28-20-24(15-17-30(28)34)22-10-5-2-6-11-22/h7,12-22,31-34H,1-6,8-11H2. The monoisotopic (exact) mass is 456 g/mol. The Morgan fingerprint density at radius 1 is 0.559 bits per heavy atom. The van der Waals surface area contributed by atoms with E-state index in [0.717, 1.165) is 16.7 Å². The van der Waals surface area contributed by atoms with Crippen molar-refractivity contribution in [2.24, 2.45) is 0 Å². The van der Waals surface area contributed by atoms with Crippen LogP contribution in [0.4, 0.5) is 0 Å². The van der Waals surface area contributed by atoms with Gasteiger partial charge in [-0.05, 0) is 78.5 Å². The molecule has 3 aromatic carbocycles. The van der Waals surface area contributed by atoms with E-state index in [9.17, 15) is 15.3 Å². The number of phenolic OH excluding ortho intramolecular Hbond substituents is 3. The molecule has 2 aliphatic carbocycles. The summed E-state index contributed by atoms with van der Waals surface area (Å²) in [5.41, 5.74) is 4.99. The third kappa shape index (κ3) is 4.80. The van der Waals surface area contributed by atoms with Crippen molar-refractivity contribution < 1.29 is 15.3 Å². The molecule has 0 atom stereocenters. The molecule has 3 nitrogen and oxygen atoms in total. The van der Waals surface area contributed by atoms with Gasteiger partial charge in [-0.1, -0.05) is 74.9 Å². The van der Waals surface area contributed by atoms with E-state index in [2.05, 4.69) is 24.3 Å². The molecule has 0 spiro atoms. The molecule has 2 fully saturated rings. The van der Waals surface area contributed by atoms with Crippen molar-refractivity contribution in [1.82, 2.24) is 0 Å². The minimum absolute atomic E-state index is 0.188. The van der Waals surface area contributed by atoms with Crippen LogP contribution in [0.1, 0.15) is 110 Å². The fraction of sp³-hybridized carbons (Fsp3) is 0.419. The molecular formula is C31H36O3. The van der Waals surface area contributed by atoms with Crippen LogP contribution in [0.3, 0.4) is 0 Å². The number of hydrogen-bond donors (Lipinski definition) is 3. The molecule has 0 unspecified atom stereocenters. The topological polar surface area (TPSA) is 60.7 Å². The molecule has 3 N–H and O–H groups in total. The summed E-state index contributed by atoms with van der Waals surface area (Å²) in [5.74, 6) is 1.32. The van der Waals surface area contributed by atoms with Crippen LogP contribution >= 0.6 is 0 Å². The van der Waals surface area contributed by atoms with Gasteiger partial charge >= 0.3 is 0 Å². The van der Waals surface area contributed by atoms with Gasteiger partial charge in [-0.25, -0.2) is 0 Å². The van der Waals surface area contributed by atoms with Gasteiger partial charge in [-0.3, -0.25) is 0 Å². The number of aromatic hydroxyl groups is 3. The molecule has 3 aromatic rings. The first kappa shape index (κ1) is 22.8. The van der Waals surface area contributed by atoms with Gasteiger partial charge in [0.25, 0.3) is 0 Å². The van der Waals surface area contributed by atoms with E-state index in [1.807, 2.05) is 24.3 Å². The van der Waals surface area contributed by atoms with E-state index in [4.69, 9.17) is 0 Å². The average molecular weight is 457 g/mol. The van der Waals surface area contributed by atoms with Crippen LogP contribution in [0, 0.1) is 0 Å². The maximum Gasteiger partial charge on any atom is 0.119 e. The van der Waals surface area contributed by atoms with E-state index in [-0.39, 0.29) is 23.2 Å². The summed E-state index contributed by atoms with van der Waals surface area (Å²) in [6.45, 7) is 0. The zero-order valence-electron chi connectivity index (χ0n) is 19.9. The van der Waals surface area contributed by atoms with Crippen molar-refractivity contribution in [1.29, 1.82) is 0 Å². The fourth-order valence-electron chi connectivity index (χ4n) is 6.22. The summed E-state index contributed by atoms with van der Waals surface area (Å²) in [7, 11) is 0. The van der Waals surface area contributed by atoms with Crippen molar-refractivity contribution in [3.8, 4) is 17.2 Å². The van der Waals surface area contributed by atoms with E-state index in [1.165, 1.54) is 75.3 Å². The highest BCUT2D eigenvalue weighted by Crippen LogP contribution is 2.45. The van der Waals surface area contributed by atoms with Crippen LogP contribution in [0.2, 0.25) is 0 Å². The zero-order valence-corrected chi connectivity index (χ0v) is 19.9. The minimum Gasteiger partial charge on any atom is -0.508 e. The molecule has 0 aromatic heterocycles. The lowest BCUT2D eigenvalue weighted by atomic mass is 9.78. The molecule has 0 amide bonds. The van der Waals surface area contributed by atoms with Crippen LogP contribution < -0.4 is 0 Å². The lowest BCUT2D eigenvalue weighted by molar-refractivity contribution is 0.437. The Labute approximate surface area is 203 Å². The van der Waals surface area contributed by atoms with Gasteiger partial charge in [0.15, 0.2) is 0 Å². The smallest absolute Gasteiger partial charge is 0.119 e. The highest BCUT2D eigenvalue weighted by atomic mass is 16.3. The van der Waals surface area contributed by atoms with E-state index in [0.29, 0.717) is 11.8 Å². The number of phenols is 3. The summed E-state index contributed by atoms with van der Waals surface area (Å²) in [5, 5.41) is 32.4. The minimum atomic E-state index is -0.362. The Hall–Kier alpha value is -2.94. The third-order valence-electron chi connectivity index (χ3n) is 8.08. The van der Waals surface area contributed by atoms with Gasteiger partial charge in [0.05, 0.1) is 0 Å². The van der Waals surface area contributed by atoms with E-state index >= 15 is 0 Å². The number of rotatable bonds is 5. The van der Waals surface area contributed by atoms with Gasteiger partial charge in [-0.2, -0.15) is 0 Å². The molecule has 34 heavy (non-hydrogen) atoms. The van der Waals surface area contributed by atoms with Crippen molar-refractivity contribution in [2.75, 3.05) is 0 Å². The predicted molar refractivity (Wildman–Crippen MR) is 137 cm³/mol. The lowest BCUT2D eigenvalue weighted by Crippen LogP contribution is -2.10. The van der Waals surface area contributed by atoms with Gasteiger partial charge in [-0.15, -0.1) is 0 Å². The van der Waals surface area contributed by atoms with Gasteiger partial charge in [0, 0.05) is 17.0 Å². The largest absolute Gasteiger partial charge is 0.508 e. The molecule has 2 saturated carbocycles. The first-order valence-electron chi connectivity index (χ1n) is 13.0. The van der Waals surface area contributed by atoms with E-state index < -0.39 is 0 Å². The Morgan fingerprint density at radius 3 is 1.53 bits per heavy atom. The molecule has 178 valence electrons. The van der Waals surface area contributed by atoms with Crippen molar-refractivity contribution in [3.05, 3.63) is 88.5 Å². The average Bonchev–Trinajstić information content (AvgIpc) is 2.87. The fourth-order valence-corrected chi connectivity index (χ4v) is 6.22. The van der Waals surface area contributed by atoms with Crippen LogP contribution in [-0.2, 0) is 0 Å². The molecule has 0 bridgehead atoms.